The molecule has 1 amide bonds. The molecule has 0 aromatic rings. The summed E-state index contributed by atoms with van der Waals surface area (Å²) in [6.07, 6.45) is 2.97. The summed E-state index contributed by atoms with van der Waals surface area (Å²) in [6.45, 7) is -0.228. The molecule has 11 nitrogen and oxygen atoms in total. The maximum Gasteiger partial charge on any atom is 0.242 e. The zero-order valence-corrected chi connectivity index (χ0v) is 11.4. The van der Waals surface area contributed by atoms with Gasteiger partial charge in [-0.2, -0.15) is 0 Å². The number of nitrogens with two attached hydrogens (primary N) is 3. The smallest absolute Gasteiger partial charge is 0.242 e. The van der Waals surface area contributed by atoms with Gasteiger partial charge in [0, 0.05) is 10.6 Å². The third-order valence-corrected chi connectivity index (χ3v) is 2.70. The van der Waals surface area contributed by atoms with E-state index in [1.807, 2.05) is 0 Å². The van der Waals surface area contributed by atoms with Crippen LogP contribution in [0.25, 0.3) is 10.4 Å². The summed E-state index contributed by atoms with van der Waals surface area (Å²) in [5.41, 5.74) is 19.9. The van der Waals surface area contributed by atoms with Crippen LogP contribution in [0.15, 0.2) is 31.8 Å². The fourth-order valence-electron chi connectivity index (χ4n) is 1.44. The number of azide groups is 1. The first-order valence-electron chi connectivity index (χ1n) is 6.23. The van der Waals surface area contributed by atoms with E-state index in [2.05, 4.69) is 30.7 Å². The summed E-state index contributed by atoms with van der Waals surface area (Å²) in [5, 5.41) is 12.5. The molecule has 1 fully saturated rings. The van der Waals surface area contributed by atoms with E-state index in [1.165, 1.54) is 6.21 Å². The van der Waals surface area contributed by atoms with Crippen molar-refractivity contribution in [2.24, 2.45) is 43.7 Å². The third kappa shape index (κ3) is 6.36. The number of carbonyl (C=O) groups excluding carboxylic acids is 1. The lowest BCUT2D eigenvalue weighted by atomic mass is 10.3. The van der Waals surface area contributed by atoms with E-state index in [0.717, 1.165) is 12.8 Å². The lowest BCUT2D eigenvalue weighted by Crippen LogP contribution is -2.44. The van der Waals surface area contributed by atoms with Crippen molar-refractivity contribution in [2.75, 3.05) is 13.1 Å². The van der Waals surface area contributed by atoms with E-state index in [4.69, 9.17) is 22.8 Å². The van der Waals surface area contributed by atoms with E-state index in [0.29, 0.717) is 5.92 Å². The molecule has 1 rings (SSSR count). The molecule has 11 heteroatoms. The highest BCUT2D eigenvalue weighted by molar-refractivity contribution is 5.84. The van der Waals surface area contributed by atoms with Crippen LogP contribution in [-0.4, -0.2) is 31.4 Å². The van der Waals surface area contributed by atoms with Gasteiger partial charge in [-0.05, 0) is 24.3 Å². The molecule has 0 bridgehead atoms. The summed E-state index contributed by atoms with van der Waals surface area (Å²) in [5.74, 6) is 5.00. The number of hydrogen-bond donors (Lipinski definition) is 4. The van der Waals surface area contributed by atoms with Crippen LogP contribution in [0, 0.1) is 5.92 Å². The summed E-state index contributed by atoms with van der Waals surface area (Å²) in [4.78, 5) is 18.0. The van der Waals surface area contributed by atoms with Crippen molar-refractivity contribution >= 4 is 12.1 Å². The number of nitrogens with one attached hydrogen (secondary N) is 1. The molecular weight excluding hydrogens is 276 g/mol. The quantitative estimate of drug-likeness (QED) is 0.0905. The second-order valence-corrected chi connectivity index (χ2v) is 4.42. The SMILES string of the molecule is [N-]=[N+]=NCC(N)=C(C=NCC(=O)NC(N)C1CC1)N=NN. The van der Waals surface area contributed by atoms with Crippen LogP contribution in [0.5, 0.6) is 0 Å². The van der Waals surface area contributed by atoms with Gasteiger partial charge in [0.1, 0.15) is 12.2 Å². The largest absolute Gasteiger partial charge is 0.400 e. The van der Waals surface area contributed by atoms with Gasteiger partial charge in [0.25, 0.3) is 0 Å². The molecule has 7 N–H and O–H groups in total. The van der Waals surface area contributed by atoms with Gasteiger partial charge in [-0.25, -0.2) is 0 Å². The number of aliphatic imine (C=N–C) groups is 1. The van der Waals surface area contributed by atoms with Gasteiger partial charge in [-0.15, -0.1) is 5.11 Å². The molecule has 0 heterocycles. The molecule has 1 unspecified atom stereocenters. The zero-order chi connectivity index (χ0) is 15.7. The molecule has 0 saturated heterocycles. The second kappa shape index (κ2) is 8.51. The average Bonchev–Trinajstić information content (AvgIpc) is 3.28. The molecule has 21 heavy (non-hydrogen) atoms. The molecule has 1 aliphatic rings. The zero-order valence-electron chi connectivity index (χ0n) is 11.4. The lowest BCUT2D eigenvalue weighted by molar-refractivity contribution is -0.120. The Labute approximate surface area is 121 Å². The van der Waals surface area contributed by atoms with E-state index in [9.17, 15) is 4.79 Å². The molecule has 1 aliphatic carbocycles. The Morgan fingerprint density at radius 1 is 1.48 bits per heavy atom. The van der Waals surface area contributed by atoms with Crippen molar-refractivity contribution in [3.05, 3.63) is 21.8 Å². The topological polar surface area (TPSA) is 193 Å². The van der Waals surface area contributed by atoms with Crippen molar-refractivity contribution < 1.29 is 4.79 Å². The van der Waals surface area contributed by atoms with Gasteiger partial charge in [-0.3, -0.25) is 9.79 Å². The predicted molar refractivity (Wildman–Crippen MR) is 76.5 cm³/mol. The second-order valence-electron chi connectivity index (χ2n) is 4.42. The van der Waals surface area contributed by atoms with Gasteiger partial charge >= 0.3 is 0 Å². The minimum atomic E-state index is -0.332. The van der Waals surface area contributed by atoms with Crippen LogP contribution < -0.4 is 22.6 Å². The van der Waals surface area contributed by atoms with Crippen LogP contribution in [-0.2, 0) is 4.79 Å². The Kier molecular flexibility index (Phi) is 6.65. The molecule has 0 spiro atoms. The van der Waals surface area contributed by atoms with Crippen LogP contribution in [0.1, 0.15) is 12.8 Å². The van der Waals surface area contributed by atoms with Crippen molar-refractivity contribution in [1.82, 2.24) is 5.32 Å². The van der Waals surface area contributed by atoms with Gasteiger partial charge in [0.05, 0.1) is 18.9 Å². The maximum absolute atomic E-state index is 11.6. The average molecular weight is 294 g/mol. The molecule has 1 saturated carbocycles. The highest BCUT2D eigenvalue weighted by Crippen LogP contribution is 2.30. The Bertz CT molecular complexity index is 500. The van der Waals surface area contributed by atoms with Gasteiger partial charge < -0.3 is 22.6 Å². The van der Waals surface area contributed by atoms with Gasteiger partial charge in [-0.1, -0.05) is 10.3 Å². The van der Waals surface area contributed by atoms with Crippen molar-refractivity contribution in [2.45, 2.75) is 19.0 Å². The summed E-state index contributed by atoms with van der Waals surface area (Å²) < 4.78 is 0. The van der Waals surface area contributed by atoms with Crippen molar-refractivity contribution in [3.8, 4) is 0 Å². The fraction of sp³-hybridized carbons (Fsp3) is 0.600. The highest BCUT2D eigenvalue weighted by Gasteiger charge is 2.29. The number of amides is 1. The minimum Gasteiger partial charge on any atom is -0.400 e. The first-order valence-corrected chi connectivity index (χ1v) is 6.23. The minimum absolute atomic E-state index is 0.102. The van der Waals surface area contributed by atoms with E-state index in [-0.39, 0.29) is 36.6 Å². The van der Waals surface area contributed by atoms with Crippen molar-refractivity contribution in [3.63, 3.8) is 0 Å². The standard InChI is InChI=1S/C10H18N10O/c11-7(3-16-19-13)8(18-20-14)4-15-5-9(21)17-10(12)6-1-2-6/h4,6,10H,1-3,5,11-12H2,(H2,14,18)(H,17,21). The number of nitrogens with zero attached hydrogens (tertiary/aromatic N) is 6. The fourth-order valence-corrected chi connectivity index (χ4v) is 1.44. The van der Waals surface area contributed by atoms with Crippen molar-refractivity contribution in [1.29, 1.82) is 0 Å². The summed E-state index contributed by atoms with van der Waals surface area (Å²) in [7, 11) is 0. The Morgan fingerprint density at radius 3 is 2.76 bits per heavy atom. The van der Waals surface area contributed by atoms with Crippen LogP contribution in [0.3, 0.4) is 0 Å². The van der Waals surface area contributed by atoms with E-state index < -0.39 is 0 Å². The number of hydrogen-bond acceptors (Lipinski definition) is 7. The molecular formula is C10H18N10O. The third-order valence-electron chi connectivity index (χ3n) is 2.70. The molecule has 0 radical (unpaired) electrons. The molecule has 0 aromatic heterocycles. The number of rotatable bonds is 8. The first kappa shape index (κ1) is 16.4. The molecule has 1 atom stereocenters. The summed E-state index contributed by atoms with van der Waals surface area (Å²) in [6, 6.07) is 0. The Hall–Kier alpha value is -2.65. The first-order chi connectivity index (χ1) is 10.1. The molecule has 114 valence electrons. The van der Waals surface area contributed by atoms with E-state index >= 15 is 0 Å². The van der Waals surface area contributed by atoms with Crippen LogP contribution >= 0.6 is 0 Å². The lowest BCUT2D eigenvalue weighted by Gasteiger charge is -2.11. The van der Waals surface area contributed by atoms with Crippen LogP contribution in [0.2, 0.25) is 0 Å². The number of carbonyl (C=O) groups is 1. The molecule has 0 aromatic carbocycles. The monoisotopic (exact) mass is 294 g/mol. The van der Waals surface area contributed by atoms with Gasteiger partial charge in [0.2, 0.25) is 5.91 Å². The Balaban J connectivity index is 2.53. The molecule has 0 aliphatic heterocycles. The normalized spacial score (nSPS) is 17.4. The van der Waals surface area contributed by atoms with Crippen LogP contribution in [0.4, 0.5) is 0 Å². The highest BCUT2D eigenvalue weighted by atomic mass is 16.2. The van der Waals surface area contributed by atoms with E-state index in [1.54, 1.807) is 0 Å². The number of allylic oxidation sites excluding steroid dienone is 1. The van der Waals surface area contributed by atoms with Gasteiger partial charge in [0.15, 0.2) is 0 Å². The maximum atomic E-state index is 11.6. The Morgan fingerprint density at radius 2 is 2.19 bits per heavy atom. The summed E-state index contributed by atoms with van der Waals surface area (Å²) >= 11 is 0. The predicted octanol–water partition coefficient (Wildman–Crippen LogP) is -0.325.